The molecule has 3 rings (SSSR count). The van der Waals surface area contributed by atoms with Gasteiger partial charge in [0.05, 0.1) is 10.9 Å². The van der Waals surface area contributed by atoms with Crippen LogP contribution >= 0.6 is 0 Å². The van der Waals surface area contributed by atoms with Gasteiger partial charge in [-0.05, 0) is 73.9 Å². The Balaban J connectivity index is 1.81. The van der Waals surface area contributed by atoms with Gasteiger partial charge in [-0.2, -0.15) is 0 Å². The number of amides is 1. The number of aryl methyl sites for hydroxylation is 3. The molecular weight excluding hydrogens is 346 g/mol. The first kappa shape index (κ1) is 18.6. The molecule has 1 N–H and O–H groups in total. The van der Waals surface area contributed by atoms with Crippen LogP contribution in [0.3, 0.4) is 0 Å². The number of carbonyl (C=O) groups excluding carboxylic acids is 1. The molecule has 0 saturated heterocycles. The Morgan fingerprint density at radius 2 is 1.73 bits per heavy atom. The average molecular weight is 372 g/mol. The van der Waals surface area contributed by atoms with Crippen LogP contribution in [0.1, 0.15) is 58.4 Å². The third kappa shape index (κ3) is 3.98. The smallest absolute Gasteiger partial charge is 0.252 e. The zero-order valence-electron chi connectivity index (χ0n) is 15.5. The van der Waals surface area contributed by atoms with Crippen molar-refractivity contribution in [3.05, 3.63) is 64.2 Å². The lowest BCUT2D eigenvalue weighted by Crippen LogP contribution is -2.27. The molecule has 1 amide bonds. The molecule has 2 aromatic carbocycles. The molecule has 0 heterocycles. The van der Waals surface area contributed by atoms with Gasteiger partial charge in [0.1, 0.15) is 0 Å². The molecule has 0 bridgehead atoms. The molecule has 1 atom stereocenters. The Kier molecular flexibility index (Phi) is 5.19. The van der Waals surface area contributed by atoms with Crippen molar-refractivity contribution in [1.29, 1.82) is 0 Å². The zero-order chi connectivity index (χ0) is 18.9. The molecule has 1 unspecified atom stereocenters. The summed E-state index contributed by atoms with van der Waals surface area (Å²) in [6.07, 6.45) is 5.84. The van der Waals surface area contributed by atoms with E-state index in [1.807, 2.05) is 13.8 Å². The van der Waals surface area contributed by atoms with Gasteiger partial charge in [0.2, 0.25) is 0 Å². The Morgan fingerprint density at radius 3 is 2.42 bits per heavy atom. The van der Waals surface area contributed by atoms with Crippen LogP contribution < -0.4 is 5.32 Å². The minimum atomic E-state index is -3.35. The van der Waals surface area contributed by atoms with Gasteiger partial charge in [0.25, 0.3) is 5.91 Å². The summed E-state index contributed by atoms with van der Waals surface area (Å²) in [5, 5.41) is 3.01. The molecule has 2 aromatic rings. The largest absolute Gasteiger partial charge is 0.346 e. The maximum Gasteiger partial charge on any atom is 0.252 e. The van der Waals surface area contributed by atoms with E-state index in [9.17, 15) is 13.2 Å². The standard InChI is InChI=1S/C21H25NO3S/c1-14-8-11-19(26(3,24)25)13-20(14)21(23)22-15(2)17-10-9-16-6-4-5-7-18(16)12-17/h8-13,15H,4-7H2,1-3H3,(H,22,23). The lowest BCUT2D eigenvalue weighted by atomic mass is 9.89. The summed E-state index contributed by atoms with van der Waals surface area (Å²) < 4.78 is 23.5. The fourth-order valence-corrected chi connectivity index (χ4v) is 4.10. The third-order valence-electron chi connectivity index (χ3n) is 5.10. The van der Waals surface area contributed by atoms with Crippen molar-refractivity contribution in [2.24, 2.45) is 0 Å². The van der Waals surface area contributed by atoms with Gasteiger partial charge >= 0.3 is 0 Å². The van der Waals surface area contributed by atoms with Crippen LogP contribution in [0, 0.1) is 6.92 Å². The number of sulfone groups is 1. The number of nitrogens with one attached hydrogen (secondary N) is 1. The summed E-state index contributed by atoms with van der Waals surface area (Å²) in [6.45, 7) is 3.77. The number of hydrogen-bond acceptors (Lipinski definition) is 3. The van der Waals surface area contributed by atoms with Crippen molar-refractivity contribution in [3.63, 3.8) is 0 Å². The van der Waals surface area contributed by atoms with E-state index in [1.165, 1.54) is 36.1 Å². The van der Waals surface area contributed by atoms with Crippen LogP contribution in [0.15, 0.2) is 41.3 Å². The first-order valence-electron chi connectivity index (χ1n) is 8.99. The molecule has 0 aromatic heterocycles. The van der Waals surface area contributed by atoms with E-state index in [0.29, 0.717) is 5.56 Å². The molecule has 0 fully saturated rings. The van der Waals surface area contributed by atoms with Crippen molar-refractivity contribution in [2.75, 3.05) is 6.26 Å². The van der Waals surface area contributed by atoms with Crippen molar-refractivity contribution < 1.29 is 13.2 Å². The molecule has 0 saturated carbocycles. The topological polar surface area (TPSA) is 63.2 Å². The minimum absolute atomic E-state index is 0.143. The van der Waals surface area contributed by atoms with E-state index < -0.39 is 9.84 Å². The Labute approximate surface area is 155 Å². The van der Waals surface area contributed by atoms with Crippen molar-refractivity contribution in [1.82, 2.24) is 5.32 Å². The van der Waals surface area contributed by atoms with Crippen LogP contribution in [0.5, 0.6) is 0 Å². The second-order valence-electron chi connectivity index (χ2n) is 7.18. The maximum absolute atomic E-state index is 12.7. The van der Waals surface area contributed by atoms with Crippen LogP contribution in [-0.4, -0.2) is 20.6 Å². The highest BCUT2D eigenvalue weighted by Crippen LogP contribution is 2.25. The lowest BCUT2D eigenvalue weighted by Gasteiger charge is -2.20. The molecule has 4 nitrogen and oxygen atoms in total. The van der Waals surface area contributed by atoms with Crippen molar-refractivity contribution >= 4 is 15.7 Å². The summed E-state index contributed by atoms with van der Waals surface area (Å²) >= 11 is 0. The summed E-state index contributed by atoms with van der Waals surface area (Å²) in [6, 6.07) is 11.0. The Hall–Kier alpha value is -2.14. The number of benzene rings is 2. The highest BCUT2D eigenvalue weighted by Gasteiger charge is 2.18. The summed E-state index contributed by atoms with van der Waals surface area (Å²) in [5.74, 6) is -0.252. The van der Waals surface area contributed by atoms with Crippen molar-refractivity contribution in [2.45, 2.75) is 50.5 Å². The minimum Gasteiger partial charge on any atom is -0.346 e. The quantitative estimate of drug-likeness (QED) is 0.890. The number of rotatable bonds is 4. The van der Waals surface area contributed by atoms with Gasteiger partial charge < -0.3 is 5.32 Å². The van der Waals surface area contributed by atoms with Crippen molar-refractivity contribution in [3.8, 4) is 0 Å². The fourth-order valence-electron chi connectivity index (χ4n) is 3.46. The van der Waals surface area contributed by atoms with E-state index >= 15 is 0 Å². The molecule has 0 spiro atoms. The predicted molar refractivity (Wildman–Crippen MR) is 103 cm³/mol. The normalized spacial score (nSPS) is 15.2. The summed E-state index contributed by atoms with van der Waals surface area (Å²) in [4.78, 5) is 12.9. The summed E-state index contributed by atoms with van der Waals surface area (Å²) in [5.41, 5.74) is 5.03. The van der Waals surface area contributed by atoms with Gasteiger partial charge in [-0.25, -0.2) is 8.42 Å². The fraction of sp³-hybridized carbons (Fsp3) is 0.381. The first-order valence-corrected chi connectivity index (χ1v) is 10.9. The predicted octanol–water partition coefficient (Wildman–Crippen LogP) is 3.77. The first-order chi connectivity index (χ1) is 12.3. The number of hydrogen-bond donors (Lipinski definition) is 1. The third-order valence-corrected chi connectivity index (χ3v) is 6.21. The Bertz CT molecular complexity index is 948. The van der Waals surface area contributed by atoms with E-state index in [4.69, 9.17) is 0 Å². The molecule has 0 radical (unpaired) electrons. The second-order valence-corrected chi connectivity index (χ2v) is 9.20. The average Bonchev–Trinajstić information content (AvgIpc) is 2.60. The van der Waals surface area contributed by atoms with Crippen LogP contribution in [0.2, 0.25) is 0 Å². The van der Waals surface area contributed by atoms with Crippen LogP contribution in [-0.2, 0) is 22.7 Å². The highest BCUT2D eigenvalue weighted by atomic mass is 32.2. The molecule has 5 heteroatoms. The summed E-state index contributed by atoms with van der Waals surface area (Å²) in [7, 11) is -3.35. The van der Waals surface area contributed by atoms with E-state index in [0.717, 1.165) is 30.2 Å². The molecule has 0 aliphatic heterocycles. The van der Waals surface area contributed by atoms with Gasteiger partial charge in [0, 0.05) is 11.8 Å². The molecule has 26 heavy (non-hydrogen) atoms. The van der Waals surface area contributed by atoms with E-state index in [1.54, 1.807) is 6.07 Å². The number of carbonyl (C=O) groups is 1. The van der Waals surface area contributed by atoms with Crippen LogP contribution in [0.4, 0.5) is 0 Å². The van der Waals surface area contributed by atoms with Gasteiger partial charge in [-0.1, -0.05) is 24.3 Å². The van der Waals surface area contributed by atoms with Gasteiger partial charge in [-0.3, -0.25) is 4.79 Å². The number of fused-ring (bicyclic) bond motifs is 1. The maximum atomic E-state index is 12.7. The van der Waals surface area contributed by atoms with E-state index in [2.05, 4.69) is 23.5 Å². The Morgan fingerprint density at radius 1 is 1.04 bits per heavy atom. The molecule has 1 aliphatic carbocycles. The van der Waals surface area contributed by atoms with E-state index in [-0.39, 0.29) is 16.8 Å². The second kappa shape index (κ2) is 7.23. The molecular formula is C21H25NO3S. The van der Waals surface area contributed by atoms with Crippen LogP contribution in [0.25, 0.3) is 0 Å². The highest BCUT2D eigenvalue weighted by molar-refractivity contribution is 7.90. The van der Waals surface area contributed by atoms with Gasteiger partial charge in [0.15, 0.2) is 9.84 Å². The SMILES string of the molecule is Cc1ccc(S(C)(=O)=O)cc1C(=O)NC(C)c1ccc2c(c1)CCCC2. The molecule has 1 aliphatic rings. The monoisotopic (exact) mass is 371 g/mol. The lowest BCUT2D eigenvalue weighted by molar-refractivity contribution is 0.0939. The molecule has 138 valence electrons. The van der Waals surface area contributed by atoms with Gasteiger partial charge in [-0.15, -0.1) is 0 Å². The zero-order valence-corrected chi connectivity index (χ0v) is 16.3.